The third-order valence-corrected chi connectivity index (χ3v) is 5.07. The highest BCUT2D eigenvalue weighted by atomic mass is 79.9. The van der Waals surface area contributed by atoms with Crippen molar-refractivity contribution >= 4 is 55.1 Å². The molecule has 0 nitrogen and oxygen atoms in total. The van der Waals surface area contributed by atoms with E-state index in [1.165, 1.54) is 24.3 Å². The zero-order valence-corrected chi connectivity index (χ0v) is 13.9. The second-order valence-corrected chi connectivity index (χ2v) is 6.28. The van der Waals surface area contributed by atoms with Gasteiger partial charge in [-0.1, -0.05) is 23.7 Å². The van der Waals surface area contributed by atoms with E-state index in [-0.39, 0.29) is 10.0 Å². The lowest BCUT2D eigenvalue weighted by Crippen LogP contribution is -1.99. The molecule has 0 amide bonds. The van der Waals surface area contributed by atoms with Gasteiger partial charge in [-0.3, -0.25) is 0 Å². The number of alkyl halides is 1. The van der Waals surface area contributed by atoms with Gasteiger partial charge in [-0.2, -0.15) is 0 Å². The highest BCUT2D eigenvalue weighted by Crippen LogP contribution is 2.38. The highest BCUT2D eigenvalue weighted by molar-refractivity contribution is 9.10. The van der Waals surface area contributed by atoms with Crippen molar-refractivity contribution in [1.82, 2.24) is 0 Å². The molecule has 0 N–H and O–H groups in total. The minimum Gasteiger partial charge on any atom is -0.207 e. The third-order valence-electron chi connectivity index (χ3n) is 2.57. The number of halogens is 6. The van der Waals surface area contributed by atoms with E-state index < -0.39 is 17.0 Å². The molecule has 6 heteroatoms. The van der Waals surface area contributed by atoms with Crippen LogP contribution in [0, 0.1) is 11.6 Å². The van der Waals surface area contributed by atoms with E-state index in [0.29, 0.717) is 15.1 Å². The maximum Gasteiger partial charge on any atom is 0.137 e. The normalized spacial score (nSPS) is 12.5. The van der Waals surface area contributed by atoms with Crippen molar-refractivity contribution in [2.45, 2.75) is 5.38 Å². The van der Waals surface area contributed by atoms with Gasteiger partial charge in [0.15, 0.2) is 0 Å². The van der Waals surface area contributed by atoms with Crippen molar-refractivity contribution in [1.29, 1.82) is 0 Å². The first-order chi connectivity index (χ1) is 8.91. The SMILES string of the molecule is Fc1cc(Br)c(Cl)cc1C(Cl)c1cccc(F)c1Br. The summed E-state index contributed by atoms with van der Waals surface area (Å²) in [7, 11) is 0. The van der Waals surface area contributed by atoms with Crippen LogP contribution in [-0.4, -0.2) is 0 Å². The first-order valence-electron chi connectivity index (χ1n) is 5.14. The number of benzene rings is 2. The van der Waals surface area contributed by atoms with Crippen LogP contribution in [0.2, 0.25) is 5.02 Å². The van der Waals surface area contributed by atoms with Crippen LogP contribution in [0.25, 0.3) is 0 Å². The van der Waals surface area contributed by atoms with E-state index >= 15 is 0 Å². The Morgan fingerprint density at radius 1 is 1.00 bits per heavy atom. The molecule has 0 aromatic heterocycles. The monoisotopic (exact) mass is 428 g/mol. The summed E-state index contributed by atoms with van der Waals surface area (Å²) >= 11 is 18.4. The lowest BCUT2D eigenvalue weighted by Gasteiger charge is -2.14. The largest absolute Gasteiger partial charge is 0.207 e. The van der Waals surface area contributed by atoms with Gasteiger partial charge in [0, 0.05) is 10.0 Å². The van der Waals surface area contributed by atoms with Crippen LogP contribution in [0.3, 0.4) is 0 Å². The summed E-state index contributed by atoms with van der Waals surface area (Å²) in [6.45, 7) is 0. The lowest BCUT2D eigenvalue weighted by atomic mass is 10.0. The molecule has 0 spiro atoms. The van der Waals surface area contributed by atoms with Crippen LogP contribution in [0.15, 0.2) is 39.3 Å². The lowest BCUT2D eigenvalue weighted by molar-refractivity contribution is 0.606. The second kappa shape index (κ2) is 6.08. The van der Waals surface area contributed by atoms with Gasteiger partial charge in [0.25, 0.3) is 0 Å². The summed E-state index contributed by atoms with van der Waals surface area (Å²) < 4.78 is 28.0. The summed E-state index contributed by atoms with van der Waals surface area (Å²) in [5.41, 5.74) is 0.639. The first kappa shape index (κ1) is 15.2. The Morgan fingerprint density at radius 3 is 2.37 bits per heavy atom. The van der Waals surface area contributed by atoms with Crippen LogP contribution in [0.1, 0.15) is 16.5 Å². The molecule has 0 heterocycles. The summed E-state index contributed by atoms with van der Waals surface area (Å²) in [6, 6.07) is 7.10. The molecule has 0 aliphatic rings. The molecule has 0 bridgehead atoms. The smallest absolute Gasteiger partial charge is 0.137 e. The first-order valence-corrected chi connectivity index (χ1v) is 7.54. The molecule has 1 unspecified atom stereocenters. The zero-order chi connectivity index (χ0) is 14.2. The molecule has 19 heavy (non-hydrogen) atoms. The van der Waals surface area contributed by atoms with Gasteiger partial charge in [0.05, 0.1) is 14.9 Å². The van der Waals surface area contributed by atoms with Gasteiger partial charge >= 0.3 is 0 Å². The maximum absolute atomic E-state index is 13.9. The van der Waals surface area contributed by atoms with Crippen molar-refractivity contribution < 1.29 is 8.78 Å². The summed E-state index contributed by atoms with van der Waals surface area (Å²) in [4.78, 5) is 0. The van der Waals surface area contributed by atoms with E-state index in [2.05, 4.69) is 31.9 Å². The van der Waals surface area contributed by atoms with Gasteiger partial charge in [-0.25, -0.2) is 8.78 Å². The number of hydrogen-bond acceptors (Lipinski definition) is 0. The minimum absolute atomic E-state index is 0.196. The highest BCUT2D eigenvalue weighted by Gasteiger charge is 2.20. The molecule has 0 fully saturated rings. The predicted octanol–water partition coefficient (Wildman–Crippen LogP) is 6.47. The molecular weight excluding hydrogens is 425 g/mol. The topological polar surface area (TPSA) is 0 Å². The Kier molecular flexibility index (Phi) is 4.88. The molecule has 2 aromatic carbocycles. The Bertz CT molecular complexity index is 632. The molecule has 0 aliphatic carbocycles. The number of rotatable bonds is 2. The fourth-order valence-corrected chi connectivity index (χ4v) is 3.08. The molecule has 0 aliphatic heterocycles. The van der Waals surface area contributed by atoms with Gasteiger partial charge in [0.1, 0.15) is 11.6 Å². The van der Waals surface area contributed by atoms with E-state index in [9.17, 15) is 8.78 Å². The molecular formula is C13H6Br2Cl2F2. The quantitative estimate of drug-likeness (QED) is 0.378. The van der Waals surface area contributed by atoms with E-state index in [1.807, 2.05) is 0 Å². The summed E-state index contributed by atoms with van der Waals surface area (Å²) in [6.07, 6.45) is 0. The molecule has 2 rings (SSSR count). The van der Waals surface area contributed by atoms with E-state index in [0.717, 1.165) is 0 Å². The average Bonchev–Trinajstić information content (AvgIpc) is 2.36. The molecule has 0 saturated heterocycles. The summed E-state index contributed by atoms with van der Waals surface area (Å²) in [5, 5.41) is -0.495. The average molecular weight is 431 g/mol. The Hall–Kier alpha value is -0.160. The second-order valence-electron chi connectivity index (χ2n) is 3.79. The number of hydrogen-bond donors (Lipinski definition) is 0. The predicted molar refractivity (Wildman–Crippen MR) is 80.9 cm³/mol. The van der Waals surface area contributed by atoms with Gasteiger partial charge < -0.3 is 0 Å². The molecule has 100 valence electrons. The summed E-state index contributed by atoms with van der Waals surface area (Å²) in [5.74, 6) is -0.959. The van der Waals surface area contributed by atoms with Gasteiger partial charge in [-0.05, 0) is 55.6 Å². The van der Waals surface area contributed by atoms with Crippen LogP contribution >= 0.6 is 55.1 Å². The van der Waals surface area contributed by atoms with Crippen molar-refractivity contribution in [3.05, 3.63) is 67.1 Å². The Balaban J connectivity index is 2.53. The fourth-order valence-electron chi connectivity index (χ4n) is 1.62. The van der Waals surface area contributed by atoms with Crippen molar-refractivity contribution in [3.8, 4) is 0 Å². The van der Waals surface area contributed by atoms with Crippen LogP contribution < -0.4 is 0 Å². The Morgan fingerprint density at radius 2 is 1.68 bits per heavy atom. The third kappa shape index (κ3) is 3.13. The standard InChI is InChI=1S/C13H6Br2Cl2F2/c14-8-5-11(19)7(4-9(8)16)13(17)6-2-1-3-10(18)12(6)15/h1-5,13H. The van der Waals surface area contributed by atoms with Crippen LogP contribution in [0.5, 0.6) is 0 Å². The van der Waals surface area contributed by atoms with Crippen molar-refractivity contribution in [2.24, 2.45) is 0 Å². The Labute approximate surface area is 136 Å². The maximum atomic E-state index is 13.9. The molecule has 1 atom stereocenters. The van der Waals surface area contributed by atoms with Crippen LogP contribution in [-0.2, 0) is 0 Å². The molecule has 0 radical (unpaired) electrons. The fraction of sp³-hybridized carbons (Fsp3) is 0.0769. The van der Waals surface area contributed by atoms with E-state index in [1.54, 1.807) is 6.07 Å². The van der Waals surface area contributed by atoms with Gasteiger partial charge in [0.2, 0.25) is 0 Å². The van der Waals surface area contributed by atoms with E-state index in [4.69, 9.17) is 23.2 Å². The van der Waals surface area contributed by atoms with Crippen molar-refractivity contribution in [2.75, 3.05) is 0 Å². The zero-order valence-electron chi connectivity index (χ0n) is 9.23. The molecule has 0 saturated carbocycles. The van der Waals surface area contributed by atoms with Crippen molar-refractivity contribution in [3.63, 3.8) is 0 Å². The van der Waals surface area contributed by atoms with Gasteiger partial charge in [-0.15, -0.1) is 11.6 Å². The van der Waals surface area contributed by atoms with Crippen LogP contribution in [0.4, 0.5) is 8.78 Å². The minimum atomic E-state index is -0.837. The molecule has 2 aromatic rings.